The van der Waals surface area contributed by atoms with Crippen LogP contribution in [0, 0.1) is 0 Å². The Balaban J connectivity index is 1.89. The molecule has 1 saturated heterocycles. The molecule has 0 unspecified atom stereocenters. The van der Waals surface area contributed by atoms with E-state index < -0.39 is 0 Å². The highest BCUT2D eigenvalue weighted by atomic mass is 15.1. The van der Waals surface area contributed by atoms with Gasteiger partial charge in [-0.25, -0.2) is 4.98 Å². The van der Waals surface area contributed by atoms with Crippen molar-refractivity contribution in [2.75, 3.05) is 18.8 Å². The van der Waals surface area contributed by atoms with Gasteiger partial charge in [0.15, 0.2) is 0 Å². The summed E-state index contributed by atoms with van der Waals surface area (Å²) < 4.78 is 0. The first-order valence-electron chi connectivity index (χ1n) is 6.27. The number of rotatable bonds is 2. The summed E-state index contributed by atoms with van der Waals surface area (Å²) in [4.78, 5) is 6.67. The van der Waals surface area contributed by atoms with Gasteiger partial charge in [-0.3, -0.25) is 4.90 Å². The Kier molecular flexibility index (Phi) is 4.17. The fourth-order valence-corrected chi connectivity index (χ4v) is 2.26. The van der Waals surface area contributed by atoms with Crippen LogP contribution in [0.4, 0.5) is 5.82 Å². The van der Waals surface area contributed by atoms with Crippen LogP contribution in [-0.4, -0.2) is 23.0 Å². The lowest BCUT2D eigenvalue weighted by atomic mass is 10.1. The number of aromatic nitrogens is 1. The second kappa shape index (κ2) is 5.85. The Morgan fingerprint density at radius 3 is 2.38 bits per heavy atom. The van der Waals surface area contributed by atoms with Crippen molar-refractivity contribution in [1.82, 2.24) is 9.88 Å². The molecule has 3 nitrogen and oxygen atoms in total. The molecule has 0 saturated carbocycles. The van der Waals surface area contributed by atoms with E-state index in [0.717, 1.165) is 6.54 Å². The van der Waals surface area contributed by atoms with Crippen molar-refractivity contribution in [2.45, 2.75) is 38.6 Å². The van der Waals surface area contributed by atoms with Crippen molar-refractivity contribution in [3.05, 3.63) is 23.9 Å². The molecule has 0 radical (unpaired) electrons. The van der Waals surface area contributed by atoms with Crippen molar-refractivity contribution in [3.8, 4) is 0 Å². The number of nitrogen functional groups attached to an aromatic ring is 1. The number of anilines is 1. The van der Waals surface area contributed by atoms with Gasteiger partial charge in [-0.05, 0) is 37.6 Å². The first kappa shape index (κ1) is 11.4. The maximum atomic E-state index is 5.58. The van der Waals surface area contributed by atoms with Gasteiger partial charge in [0.1, 0.15) is 5.82 Å². The highest BCUT2D eigenvalue weighted by Gasteiger charge is 2.08. The molecule has 88 valence electrons. The lowest BCUT2D eigenvalue weighted by Crippen LogP contribution is -2.26. The van der Waals surface area contributed by atoms with Gasteiger partial charge in [0.05, 0.1) is 0 Å². The largest absolute Gasteiger partial charge is 0.384 e. The molecule has 0 atom stereocenters. The summed E-state index contributed by atoms with van der Waals surface area (Å²) >= 11 is 0. The minimum atomic E-state index is 0.608. The van der Waals surface area contributed by atoms with Gasteiger partial charge in [0, 0.05) is 12.7 Å². The third-order valence-electron chi connectivity index (χ3n) is 3.20. The summed E-state index contributed by atoms with van der Waals surface area (Å²) in [6, 6.07) is 3.97. The Bertz CT molecular complexity index is 299. The third kappa shape index (κ3) is 3.49. The van der Waals surface area contributed by atoms with E-state index in [1.807, 2.05) is 12.3 Å². The van der Waals surface area contributed by atoms with Crippen LogP contribution in [0.15, 0.2) is 18.3 Å². The highest BCUT2D eigenvalue weighted by molar-refractivity contribution is 5.29. The quantitative estimate of drug-likeness (QED) is 0.830. The summed E-state index contributed by atoms with van der Waals surface area (Å²) in [5, 5.41) is 0. The van der Waals surface area contributed by atoms with E-state index >= 15 is 0 Å². The van der Waals surface area contributed by atoms with Gasteiger partial charge in [-0.1, -0.05) is 25.3 Å². The maximum absolute atomic E-state index is 5.58. The Hall–Kier alpha value is -1.09. The fourth-order valence-electron chi connectivity index (χ4n) is 2.26. The van der Waals surface area contributed by atoms with Gasteiger partial charge < -0.3 is 5.73 Å². The maximum Gasteiger partial charge on any atom is 0.123 e. The Morgan fingerprint density at radius 1 is 1.06 bits per heavy atom. The van der Waals surface area contributed by atoms with Crippen LogP contribution in [0.5, 0.6) is 0 Å². The number of pyridine rings is 1. The predicted octanol–water partition coefficient (Wildman–Crippen LogP) is 2.43. The van der Waals surface area contributed by atoms with Crippen molar-refractivity contribution in [1.29, 1.82) is 0 Å². The van der Waals surface area contributed by atoms with Crippen molar-refractivity contribution in [3.63, 3.8) is 0 Å². The molecule has 0 bridgehead atoms. The predicted molar refractivity (Wildman–Crippen MR) is 67.0 cm³/mol. The first-order valence-corrected chi connectivity index (χ1v) is 6.27. The van der Waals surface area contributed by atoms with Crippen molar-refractivity contribution in [2.24, 2.45) is 0 Å². The summed E-state index contributed by atoms with van der Waals surface area (Å²) in [6.45, 7) is 3.47. The molecule has 2 N–H and O–H groups in total. The standard InChI is InChI=1S/C13H21N3/c14-13-7-6-12(10-15-13)11-16-8-4-2-1-3-5-9-16/h6-7,10H,1-5,8-9,11H2,(H2,14,15). The Labute approximate surface area is 97.7 Å². The lowest BCUT2D eigenvalue weighted by molar-refractivity contribution is 0.239. The Morgan fingerprint density at radius 2 is 1.75 bits per heavy atom. The number of hydrogen-bond acceptors (Lipinski definition) is 3. The first-order chi connectivity index (χ1) is 7.84. The molecular formula is C13H21N3. The average Bonchev–Trinajstić information content (AvgIpc) is 2.25. The topological polar surface area (TPSA) is 42.1 Å². The number of nitrogens with two attached hydrogens (primary N) is 1. The molecule has 2 heterocycles. The highest BCUT2D eigenvalue weighted by Crippen LogP contribution is 2.13. The normalized spacial score (nSPS) is 19.0. The zero-order valence-electron chi connectivity index (χ0n) is 9.86. The molecule has 3 heteroatoms. The smallest absolute Gasteiger partial charge is 0.123 e. The third-order valence-corrected chi connectivity index (χ3v) is 3.20. The number of likely N-dealkylation sites (tertiary alicyclic amines) is 1. The molecule has 1 fully saturated rings. The van der Waals surface area contributed by atoms with Crippen LogP contribution >= 0.6 is 0 Å². The van der Waals surface area contributed by atoms with Crippen LogP contribution in [0.3, 0.4) is 0 Å². The van der Waals surface area contributed by atoms with Gasteiger partial charge in [0.2, 0.25) is 0 Å². The van der Waals surface area contributed by atoms with Gasteiger partial charge in [-0.2, -0.15) is 0 Å². The SMILES string of the molecule is Nc1ccc(CN2CCCCCCC2)cn1. The van der Waals surface area contributed by atoms with Gasteiger partial charge in [0.25, 0.3) is 0 Å². The van der Waals surface area contributed by atoms with Crippen LogP contribution in [-0.2, 0) is 6.54 Å². The zero-order valence-corrected chi connectivity index (χ0v) is 9.86. The van der Waals surface area contributed by atoms with Crippen molar-refractivity contribution >= 4 is 5.82 Å². The van der Waals surface area contributed by atoms with E-state index in [9.17, 15) is 0 Å². The lowest BCUT2D eigenvalue weighted by Gasteiger charge is -2.24. The molecule has 0 aromatic carbocycles. The minimum Gasteiger partial charge on any atom is -0.384 e. The van der Waals surface area contributed by atoms with E-state index in [0.29, 0.717) is 5.82 Å². The van der Waals surface area contributed by atoms with E-state index in [4.69, 9.17) is 5.73 Å². The molecule has 1 aliphatic rings. The molecule has 2 rings (SSSR count). The summed E-state index contributed by atoms with van der Waals surface area (Å²) in [5.74, 6) is 0.608. The van der Waals surface area contributed by atoms with Crippen LogP contribution in [0.2, 0.25) is 0 Å². The molecule has 0 spiro atoms. The number of nitrogens with zero attached hydrogens (tertiary/aromatic N) is 2. The minimum absolute atomic E-state index is 0.608. The van der Waals surface area contributed by atoms with Gasteiger partial charge in [-0.15, -0.1) is 0 Å². The molecular weight excluding hydrogens is 198 g/mol. The molecule has 0 amide bonds. The molecule has 1 aromatic rings. The number of hydrogen-bond donors (Lipinski definition) is 1. The molecule has 1 aliphatic heterocycles. The summed E-state index contributed by atoms with van der Waals surface area (Å²) in [7, 11) is 0. The second-order valence-electron chi connectivity index (χ2n) is 4.64. The molecule has 16 heavy (non-hydrogen) atoms. The summed E-state index contributed by atoms with van der Waals surface area (Å²) in [5.41, 5.74) is 6.85. The van der Waals surface area contributed by atoms with Crippen LogP contribution in [0.25, 0.3) is 0 Å². The second-order valence-corrected chi connectivity index (χ2v) is 4.64. The van der Waals surface area contributed by atoms with Gasteiger partial charge >= 0.3 is 0 Å². The average molecular weight is 219 g/mol. The summed E-state index contributed by atoms with van der Waals surface area (Å²) in [6.07, 6.45) is 8.75. The monoisotopic (exact) mass is 219 g/mol. The zero-order chi connectivity index (χ0) is 11.2. The van der Waals surface area contributed by atoms with Crippen LogP contribution in [0.1, 0.15) is 37.7 Å². The molecule has 0 aliphatic carbocycles. The molecule has 1 aromatic heterocycles. The van der Waals surface area contributed by atoms with E-state index in [1.54, 1.807) is 0 Å². The van der Waals surface area contributed by atoms with E-state index in [2.05, 4.69) is 16.0 Å². The fraction of sp³-hybridized carbons (Fsp3) is 0.615. The van der Waals surface area contributed by atoms with Crippen LogP contribution < -0.4 is 5.73 Å². The van der Waals surface area contributed by atoms with Crippen molar-refractivity contribution < 1.29 is 0 Å². The van der Waals surface area contributed by atoms with E-state index in [-0.39, 0.29) is 0 Å². The van der Waals surface area contributed by atoms with E-state index in [1.165, 1.54) is 50.8 Å².